The zero-order valence-corrected chi connectivity index (χ0v) is 10.8. The monoisotopic (exact) mass is 252 g/mol. The highest BCUT2D eigenvalue weighted by atomic mass is 16.5. The third-order valence-corrected chi connectivity index (χ3v) is 2.57. The Kier molecular flexibility index (Phi) is 4.97. The van der Waals surface area contributed by atoms with E-state index in [-0.39, 0.29) is 0 Å². The Morgan fingerprint density at radius 3 is 2.50 bits per heavy atom. The van der Waals surface area contributed by atoms with Crippen LogP contribution in [0.2, 0.25) is 0 Å². The number of benzene rings is 1. The normalized spacial score (nSPS) is 13.7. The fourth-order valence-corrected chi connectivity index (χ4v) is 1.32. The van der Waals surface area contributed by atoms with Crippen molar-refractivity contribution in [3.8, 4) is 11.5 Å². The summed E-state index contributed by atoms with van der Waals surface area (Å²) in [4.78, 5) is 11.0. The second kappa shape index (κ2) is 6.26. The molecule has 1 amide bonds. The molecular weight excluding hydrogens is 232 g/mol. The Hall–Kier alpha value is -1.75. The average Bonchev–Trinajstić information content (AvgIpc) is 2.29. The van der Waals surface area contributed by atoms with Crippen LogP contribution in [0.25, 0.3) is 0 Å². The van der Waals surface area contributed by atoms with Crippen LogP contribution in [0.4, 0.5) is 0 Å². The summed E-state index contributed by atoms with van der Waals surface area (Å²) in [5.41, 5.74) is 9.85. The number of carbonyl (C=O) groups excluding carboxylic acids is 1. The molecule has 0 radical (unpaired) electrons. The number of rotatable bonds is 7. The standard InChI is InChI=1S/C13H20N2O3/c1-3-17-10-5-4-6-11(9-10)18-8-7-13(2,15)12(14)16/h4-6,9H,3,7-8,15H2,1-2H3,(H2,14,16). The van der Waals surface area contributed by atoms with Crippen molar-refractivity contribution in [3.05, 3.63) is 24.3 Å². The lowest BCUT2D eigenvalue weighted by Gasteiger charge is -2.20. The number of amides is 1. The quantitative estimate of drug-likeness (QED) is 0.759. The minimum absolute atomic E-state index is 0.325. The lowest BCUT2D eigenvalue weighted by atomic mass is 9.99. The van der Waals surface area contributed by atoms with E-state index in [1.165, 1.54) is 0 Å². The van der Waals surface area contributed by atoms with Gasteiger partial charge in [-0.2, -0.15) is 0 Å². The van der Waals surface area contributed by atoms with Crippen LogP contribution in [0.3, 0.4) is 0 Å². The maximum absolute atomic E-state index is 11.0. The fraction of sp³-hybridized carbons (Fsp3) is 0.462. The molecule has 1 atom stereocenters. The largest absolute Gasteiger partial charge is 0.494 e. The molecule has 1 rings (SSSR count). The van der Waals surface area contributed by atoms with E-state index in [9.17, 15) is 4.79 Å². The van der Waals surface area contributed by atoms with Crippen LogP contribution in [0.1, 0.15) is 20.3 Å². The number of ether oxygens (including phenoxy) is 2. The van der Waals surface area contributed by atoms with Gasteiger partial charge in [0.05, 0.1) is 18.8 Å². The van der Waals surface area contributed by atoms with Gasteiger partial charge in [-0.05, 0) is 26.0 Å². The van der Waals surface area contributed by atoms with Crippen LogP contribution < -0.4 is 20.9 Å². The first-order chi connectivity index (χ1) is 8.45. The first-order valence-corrected chi connectivity index (χ1v) is 5.90. The molecule has 5 nitrogen and oxygen atoms in total. The van der Waals surface area contributed by atoms with Crippen molar-refractivity contribution in [1.29, 1.82) is 0 Å². The van der Waals surface area contributed by atoms with Gasteiger partial charge < -0.3 is 20.9 Å². The third kappa shape index (κ3) is 4.25. The number of nitrogens with two attached hydrogens (primary N) is 2. The minimum Gasteiger partial charge on any atom is -0.494 e. The molecule has 0 aliphatic heterocycles. The summed E-state index contributed by atoms with van der Waals surface area (Å²) in [7, 11) is 0. The first kappa shape index (κ1) is 14.3. The van der Waals surface area contributed by atoms with Gasteiger partial charge in [0.2, 0.25) is 5.91 Å². The van der Waals surface area contributed by atoms with Crippen molar-refractivity contribution in [2.75, 3.05) is 13.2 Å². The molecule has 0 aliphatic rings. The van der Waals surface area contributed by atoms with Gasteiger partial charge in [0.15, 0.2) is 0 Å². The van der Waals surface area contributed by atoms with Gasteiger partial charge in [-0.1, -0.05) is 6.07 Å². The summed E-state index contributed by atoms with van der Waals surface area (Å²) in [6, 6.07) is 7.31. The van der Waals surface area contributed by atoms with Crippen LogP contribution >= 0.6 is 0 Å². The predicted octanol–water partition coefficient (Wildman–Crippen LogP) is 1.06. The van der Waals surface area contributed by atoms with Crippen molar-refractivity contribution in [3.63, 3.8) is 0 Å². The predicted molar refractivity (Wildman–Crippen MR) is 69.5 cm³/mol. The summed E-state index contributed by atoms with van der Waals surface area (Å²) >= 11 is 0. The number of hydrogen-bond donors (Lipinski definition) is 2. The highest BCUT2D eigenvalue weighted by molar-refractivity contribution is 5.83. The smallest absolute Gasteiger partial charge is 0.237 e. The molecule has 1 aromatic carbocycles. The molecule has 0 heterocycles. The van der Waals surface area contributed by atoms with E-state index >= 15 is 0 Å². The Labute approximate surface area is 107 Å². The van der Waals surface area contributed by atoms with Gasteiger partial charge in [-0.25, -0.2) is 0 Å². The van der Waals surface area contributed by atoms with E-state index in [0.29, 0.717) is 25.4 Å². The zero-order chi connectivity index (χ0) is 13.6. The molecule has 5 heteroatoms. The maximum Gasteiger partial charge on any atom is 0.237 e. The molecule has 1 aromatic rings. The van der Waals surface area contributed by atoms with E-state index in [1.54, 1.807) is 13.0 Å². The molecule has 0 spiro atoms. The van der Waals surface area contributed by atoms with E-state index in [4.69, 9.17) is 20.9 Å². The first-order valence-electron chi connectivity index (χ1n) is 5.90. The highest BCUT2D eigenvalue weighted by Crippen LogP contribution is 2.20. The van der Waals surface area contributed by atoms with Gasteiger partial charge in [-0.15, -0.1) is 0 Å². The topological polar surface area (TPSA) is 87.6 Å². The Morgan fingerprint density at radius 2 is 1.94 bits per heavy atom. The third-order valence-electron chi connectivity index (χ3n) is 2.57. The van der Waals surface area contributed by atoms with Gasteiger partial charge in [-0.3, -0.25) is 4.79 Å². The molecule has 100 valence electrons. The fourth-order valence-electron chi connectivity index (χ4n) is 1.32. The lowest BCUT2D eigenvalue weighted by Crippen LogP contribution is -2.50. The Morgan fingerprint density at radius 1 is 1.33 bits per heavy atom. The number of carbonyl (C=O) groups is 1. The summed E-state index contributed by atoms with van der Waals surface area (Å²) in [6.45, 7) is 4.44. The van der Waals surface area contributed by atoms with E-state index < -0.39 is 11.4 Å². The molecule has 0 aliphatic carbocycles. The van der Waals surface area contributed by atoms with E-state index in [1.807, 2.05) is 25.1 Å². The van der Waals surface area contributed by atoms with E-state index in [2.05, 4.69) is 0 Å². The zero-order valence-electron chi connectivity index (χ0n) is 10.8. The van der Waals surface area contributed by atoms with Gasteiger partial charge in [0.25, 0.3) is 0 Å². The molecular formula is C13H20N2O3. The molecule has 0 saturated heterocycles. The summed E-state index contributed by atoms with van der Waals surface area (Å²) < 4.78 is 10.9. The van der Waals surface area contributed by atoms with Crippen molar-refractivity contribution in [2.24, 2.45) is 11.5 Å². The summed E-state index contributed by atoms with van der Waals surface area (Å²) in [6.07, 6.45) is 0.362. The number of primary amides is 1. The average molecular weight is 252 g/mol. The van der Waals surface area contributed by atoms with Crippen molar-refractivity contribution in [1.82, 2.24) is 0 Å². The Bertz CT molecular complexity index is 405. The van der Waals surface area contributed by atoms with E-state index in [0.717, 1.165) is 5.75 Å². The molecule has 18 heavy (non-hydrogen) atoms. The van der Waals surface area contributed by atoms with Crippen molar-refractivity contribution >= 4 is 5.91 Å². The van der Waals surface area contributed by atoms with Crippen LogP contribution in [-0.4, -0.2) is 24.7 Å². The minimum atomic E-state index is -1.04. The maximum atomic E-state index is 11.0. The van der Waals surface area contributed by atoms with Crippen molar-refractivity contribution < 1.29 is 14.3 Å². The molecule has 1 unspecified atom stereocenters. The molecule has 0 bridgehead atoms. The summed E-state index contributed by atoms with van der Waals surface area (Å²) in [5, 5.41) is 0. The van der Waals surface area contributed by atoms with Gasteiger partial charge >= 0.3 is 0 Å². The van der Waals surface area contributed by atoms with Crippen LogP contribution in [0.15, 0.2) is 24.3 Å². The number of hydrogen-bond acceptors (Lipinski definition) is 4. The van der Waals surface area contributed by atoms with Crippen LogP contribution in [0, 0.1) is 0 Å². The van der Waals surface area contributed by atoms with Gasteiger partial charge in [0.1, 0.15) is 11.5 Å². The highest BCUT2D eigenvalue weighted by Gasteiger charge is 2.25. The molecule has 4 N–H and O–H groups in total. The SMILES string of the molecule is CCOc1cccc(OCCC(C)(N)C(N)=O)c1. The summed E-state index contributed by atoms with van der Waals surface area (Å²) in [5.74, 6) is 0.899. The van der Waals surface area contributed by atoms with Crippen molar-refractivity contribution in [2.45, 2.75) is 25.8 Å². The lowest BCUT2D eigenvalue weighted by molar-refractivity contribution is -0.123. The second-order valence-electron chi connectivity index (χ2n) is 4.29. The molecule has 0 saturated carbocycles. The molecule has 0 aromatic heterocycles. The van der Waals surface area contributed by atoms with Crippen LogP contribution in [0.5, 0.6) is 11.5 Å². The molecule has 0 fully saturated rings. The van der Waals surface area contributed by atoms with Crippen LogP contribution in [-0.2, 0) is 4.79 Å². The van der Waals surface area contributed by atoms with Gasteiger partial charge in [0, 0.05) is 12.5 Å². The second-order valence-corrected chi connectivity index (χ2v) is 4.29. The Balaban J connectivity index is 2.49.